The maximum Gasteiger partial charge on any atom is 0.135 e. The van der Waals surface area contributed by atoms with E-state index in [-0.39, 0.29) is 0 Å². The van der Waals surface area contributed by atoms with E-state index in [1.807, 2.05) is 36.0 Å². The van der Waals surface area contributed by atoms with E-state index in [1.165, 1.54) is 0 Å². The van der Waals surface area contributed by atoms with Crippen LogP contribution in [0.2, 0.25) is 5.02 Å². The molecule has 2 unspecified atom stereocenters. The molecule has 2 rings (SSSR count). The van der Waals surface area contributed by atoms with E-state index in [2.05, 4.69) is 18.3 Å². The first kappa shape index (κ1) is 11.6. The molecule has 0 saturated carbocycles. The summed E-state index contributed by atoms with van der Waals surface area (Å²) in [5.41, 5.74) is 0.384. The zero-order valence-electron chi connectivity index (χ0n) is 9.03. The first-order chi connectivity index (χ1) is 7.65. The van der Waals surface area contributed by atoms with Gasteiger partial charge in [-0.2, -0.15) is 17.0 Å². The highest BCUT2D eigenvalue weighted by Crippen LogP contribution is 2.37. The van der Waals surface area contributed by atoms with Gasteiger partial charge in [0.2, 0.25) is 0 Å². The standard InChI is InChI=1S/C12H13ClN2S/c1-9-6-12(7-14,8-16-9)15-11-5-3-2-4-10(11)13/h2-5,9,15H,6,8H2,1H3. The van der Waals surface area contributed by atoms with E-state index >= 15 is 0 Å². The molecule has 1 aliphatic heterocycles. The molecule has 0 bridgehead atoms. The molecule has 16 heavy (non-hydrogen) atoms. The lowest BCUT2D eigenvalue weighted by atomic mass is 9.98. The summed E-state index contributed by atoms with van der Waals surface area (Å²) in [7, 11) is 0. The number of nitrogens with zero attached hydrogens (tertiary/aromatic N) is 1. The summed E-state index contributed by atoms with van der Waals surface area (Å²) >= 11 is 7.91. The average molecular weight is 253 g/mol. The molecule has 1 N–H and O–H groups in total. The molecule has 84 valence electrons. The molecule has 4 heteroatoms. The van der Waals surface area contributed by atoms with Crippen LogP contribution in [-0.2, 0) is 0 Å². The van der Waals surface area contributed by atoms with Crippen LogP contribution in [0.4, 0.5) is 5.69 Å². The maximum atomic E-state index is 9.32. The summed E-state index contributed by atoms with van der Waals surface area (Å²) in [6.07, 6.45) is 0.861. The Balaban J connectivity index is 2.21. The molecule has 1 heterocycles. The van der Waals surface area contributed by atoms with Gasteiger partial charge < -0.3 is 5.32 Å². The summed E-state index contributed by atoms with van der Waals surface area (Å²) in [4.78, 5) is 0. The molecule has 0 amide bonds. The van der Waals surface area contributed by atoms with Crippen LogP contribution in [0, 0.1) is 11.3 Å². The lowest BCUT2D eigenvalue weighted by Crippen LogP contribution is -2.37. The highest BCUT2D eigenvalue weighted by atomic mass is 35.5. The molecular formula is C12H13ClN2S. The van der Waals surface area contributed by atoms with Crippen molar-refractivity contribution in [3.63, 3.8) is 0 Å². The number of benzene rings is 1. The van der Waals surface area contributed by atoms with E-state index in [0.717, 1.165) is 17.9 Å². The number of thioether (sulfide) groups is 1. The zero-order valence-corrected chi connectivity index (χ0v) is 10.6. The van der Waals surface area contributed by atoms with Gasteiger partial charge in [-0.1, -0.05) is 30.7 Å². The van der Waals surface area contributed by atoms with Gasteiger partial charge in [0.05, 0.1) is 16.8 Å². The molecule has 0 spiro atoms. The Morgan fingerprint density at radius 1 is 1.56 bits per heavy atom. The summed E-state index contributed by atoms with van der Waals surface area (Å²) in [6, 6.07) is 9.95. The molecule has 1 saturated heterocycles. The van der Waals surface area contributed by atoms with Gasteiger partial charge in [0.15, 0.2) is 0 Å². The van der Waals surface area contributed by atoms with Crippen molar-refractivity contribution in [2.45, 2.75) is 24.1 Å². The van der Waals surface area contributed by atoms with E-state index < -0.39 is 5.54 Å². The zero-order chi connectivity index (χ0) is 11.6. The van der Waals surface area contributed by atoms with Crippen molar-refractivity contribution < 1.29 is 0 Å². The Bertz CT molecular complexity index is 429. The number of hydrogen-bond acceptors (Lipinski definition) is 3. The first-order valence-corrected chi connectivity index (χ1v) is 6.63. The number of nitrogens with one attached hydrogen (secondary N) is 1. The van der Waals surface area contributed by atoms with Gasteiger partial charge in [-0.05, 0) is 18.6 Å². The van der Waals surface area contributed by atoms with Gasteiger partial charge in [-0.25, -0.2) is 0 Å². The molecule has 1 fully saturated rings. The summed E-state index contributed by atoms with van der Waals surface area (Å²) in [5, 5.41) is 13.8. The minimum absolute atomic E-state index is 0.463. The van der Waals surface area contributed by atoms with Crippen molar-refractivity contribution in [2.75, 3.05) is 11.1 Å². The van der Waals surface area contributed by atoms with Crippen molar-refractivity contribution in [1.29, 1.82) is 5.26 Å². The van der Waals surface area contributed by atoms with Crippen LogP contribution in [0.15, 0.2) is 24.3 Å². The fraction of sp³-hybridized carbons (Fsp3) is 0.417. The molecule has 2 atom stereocenters. The Morgan fingerprint density at radius 3 is 2.88 bits per heavy atom. The number of rotatable bonds is 2. The Hall–Kier alpha value is -0.850. The molecule has 1 aliphatic rings. The van der Waals surface area contributed by atoms with Crippen LogP contribution in [0.1, 0.15) is 13.3 Å². The SMILES string of the molecule is CC1CC(C#N)(Nc2ccccc2Cl)CS1. The van der Waals surface area contributed by atoms with Gasteiger partial charge in [-0.15, -0.1) is 0 Å². The second kappa shape index (κ2) is 4.57. The number of hydrogen-bond donors (Lipinski definition) is 1. The van der Waals surface area contributed by atoms with Crippen LogP contribution in [-0.4, -0.2) is 16.5 Å². The summed E-state index contributed by atoms with van der Waals surface area (Å²) in [6.45, 7) is 2.15. The van der Waals surface area contributed by atoms with E-state index in [4.69, 9.17) is 11.6 Å². The molecule has 1 aromatic carbocycles. The van der Waals surface area contributed by atoms with E-state index in [9.17, 15) is 5.26 Å². The quantitative estimate of drug-likeness (QED) is 0.875. The smallest absolute Gasteiger partial charge is 0.135 e. The third-order valence-electron chi connectivity index (χ3n) is 2.71. The van der Waals surface area contributed by atoms with Gasteiger partial charge >= 0.3 is 0 Å². The fourth-order valence-electron chi connectivity index (χ4n) is 1.91. The van der Waals surface area contributed by atoms with Gasteiger partial charge in [0.25, 0.3) is 0 Å². The van der Waals surface area contributed by atoms with Crippen molar-refractivity contribution in [3.8, 4) is 6.07 Å². The molecule has 0 aliphatic carbocycles. The molecule has 1 aromatic rings. The minimum atomic E-state index is -0.463. The number of para-hydroxylation sites is 1. The summed E-state index contributed by atoms with van der Waals surface area (Å²) in [5.74, 6) is 0.815. The van der Waals surface area contributed by atoms with Crippen LogP contribution in [0.5, 0.6) is 0 Å². The van der Waals surface area contributed by atoms with Crippen molar-refractivity contribution in [1.82, 2.24) is 0 Å². The highest BCUT2D eigenvalue weighted by Gasteiger charge is 2.38. The third-order valence-corrected chi connectivity index (χ3v) is 4.44. The lowest BCUT2D eigenvalue weighted by Gasteiger charge is -2.23. The van der Waals surface area contributed by atoms with Crippen LogP contribution < -0.4 is 5.32 Å². The second-order valence-corrected chi connectivity index (χ2v) is 5.96. The average Bonchev–Trinajstić information content (AvgIpc) is 2.65. The van der Waals surface area contributed by atoms with Crippen LogP contribution in [0.3, 0.4) is 0 Å². The van der Waals surface area contributed by atoms with Gasteiger partial charge in [-0.3, -0.25) is 0 Å². The van der Waals surface area contributed by atoms with Crippen molar-refractivity contribution in [3.05, 3.63) is 29.3 Å². The Kier molecular flexibility index (Phi) is 3.32. The predicted molar refractivity (Wildman–Crippen MR) is 70.0 cm³/mol. The largest absolute Gasteiger partial charge is 0.365 e. The van der Waals surface area contributed by atoms with Gasteiger partial charge in [0, 0.05) is 11.0 Å². The highest BCUT2D eigenvalue weighted by molar-refractivity contribution is 8.00. The van der Waals surface area contributed by atoms with Crippen molar-refractivity contribution in [2.24, 2.45) is 0 Å². The van der Waals surface area contributed by atoms with E-state index in [0.29, 0.717) is 10.3 Å². The fourth-order valence-corrected chi connectivity index (χ4v) is 3.32. The topological polar surface area (TPSA) is 35.8 Å². The van der Waals surface area contributed by atoms with Crippen LogP contribution in [0.25, 0.3) is 0 Å². The number of anilines is 1. The lowest BCUT2D eigenvalue weighted by molar-refractivity contribution is 0.626. The van der Waals surface area contributed by atoms with Gasteiger partial charge in [0.1, 0.15) is 5.54 Å². The molecule has 0 radical (unpaired) electrons. The Labute approximate surface area is 105 Å². The normalized spacial score (nSPS) is 28.7. The maximum absolute atomic E-state index is 9.32. The van der Waals surface area contributed by atoms with Crippen molar-refractivity contribution >= 4 is 29.1 Å². The monoisotopic (exact) mass is 252 g/mol. The second-order valence-electron chi connectivity index (χ2n) is 4.12. The first-order valence-electron chi connectivity index (χ1n) is 5.21. The van der Waals surface area contributed by atoms with E-state index in [1.54, 1.807) is 0 Å². The molecule has 0 aromatic heterocycles. The predicted octanol–water partition coefficient (Wildman–Crippen LogP) is 3.54. The summed E-state index contributed by atoms with van der Waals surface area (Å²) < 4.78 is 0. The third kappa shape index (κ3) is 2.28. The Morgan fingerprint density at radius 2 is 2.31 bits per heavy atom. The van der Waals surface area contributed by atoms with Crippen LogP contribution >= 0.6 is 23.4 Å². The molecular weight excluding hydrogens is 240 g/mol. The molecule has 2 nitrogen and oxygen atoms in total. The minimum Gasteiger partial charge on any atom is -0.365 e. The number of halogens is 1. The number of nitriles is 1.